The maximum atomic E-state index is 13.3. The smallest absolute Gasteiger partial charge is 0.273 e. The van der Waals surface area contributed by atoms with Crippen molar-refractivity contribution < 1.29 is 28.4 Å². The van der Waals surface area contributed by atoms with E-state index in [1.807, 2.05) is 44.2 Å². The van der Waals surface area contributed by atoms with Crippen LogP contribution in [0.1, 0.15) is 76.2 Å². The van der Waals surface area contributed by atoms with Crippen molar-refractivity contribution in [1.29, 1.82) is 0 Å². The topological polar surface area (TPSA) is 176 Å². The van der Waals surface area contributed by atoms with Crippen molar-refractivity contribution in [3.8, 4) is 0 Å². The summed E-state index contributed by atoms with van der Waals surface area (Å²) in [5, 5.41) is 13.4. The van der Waals surface area contributed by atoms with Gasteiger partial charge >= 0.3 is 0 Å². The molecule has 2 aliphatic heterocycles. The van der Waals surface area contributed by atoms with Gasteiger partial charge in [-0.05, 0) is 17.9 Å². The minimum Gasteiger partial charge on any atom is -0.446 e. The summed E-state index contributed by atoms with van der Waals surface area (Å²) in [7, 11) is 0. The molecule has 0 spiro atoms. The van der Waals surface area contributed by atoms with Crippen LogP contribution in [0.5, 0.6) is 0 Å². The molecular weight excluding hydrogens is 574 g/mol. The number of oxazole rings is 1. The van der Waals surface area contributed by atoms with Gasteiger partial charge in [-0.1, -0.05) is 44.2 Å². The van der Waals surface area contributed by atoms with Crippen LogP contribution < -0.4 is 21.3 Å². The molecule has 226 valence electrons. The molecule has 5 rings (SSSR count). The van der Waals surface area contributed by atoms with Crippen LogP contribution in [-0.2, 0) is 20.8 Å². The van der Waals surface area contributed by atoms with Gasteiger partial charge in [-0.15, -0.1) is 11.3 Å². The number of carbonyl (C=O) groups is 5. The molecule has 0 unspecified atom stereocenters. The second-order valence-electron chi connectivity index (χ2n) is 10.8. The van der Waals surface area contributed by atoms with Crippen LogP contribution in [-0.4, -0.2) is 70.1 Å². The first-order valence-corrected chi connectivity index (χ1v) is 15.0. The second kappa shape index (κ2) is 13.2. The summed E-state index contributed by atoms with van der Waals surface area (Å²) in [5.74, 6) is -2.01. The number of rotatable bonds is 4. The Kier molecular flexibility index (Phi) is 9.14. The average molecular weight is 608 g/mol. The lowest BCUT2D eigenvalue weighted by molar-refractivity contribution is -0.138. The normalized spacial score (nSPS) is 21.8. The van der Waals surface area contributed by atoms with Gasteiger partial charge < -0.3 is 30.6 Å². The lowest BCUT2D eigenvalue weighted by atomic mass is 10.0. The zero-order valence-electron chi connectivity index (χ0n) is 23.8. The minimum atomic E-state index is -0.741. The van der Waals surface area contributed by atoms with E-state index >= 15 is 0 Å². The van der Waals surface area contributed by atoms with Crippen molar-refractivity contribution in [2.45, 2.75) is 51.2 Å². The first-order valence-electron chi connectivity index (χ1n) is 14.1. The van der Waals surface area contributed by atoms with Crippen molar-refractivity contribution in [3.63, 3.8) is 0 Å². The third kappa shape index (κ3) is 7.25. The molecule has 2 aromatic heterocycles. The number of fused-ring (bicyclic) bond motifs is 4. The molecule has 1 fully saturated rings. The Labute approximate surface area is 251 Å². The Bertz CT molecular complexity index is 1500. The van der Waals surface area contributed by atoms with Crippen LogP contribution in [0.4, 0.5) is 0 Å². The maximum Gasteiger partial charge on any atom is 0.273 e. The number of aromatic nitrogens is 2. The molecule has 1 saturated heterocycles. The maximum absolute atomic E-state index is 13.3. The monoisotopic (exact) mass is 607 g/mol. The Morgan fingerprint density at radius 3 is 2.53 bits per heavy atom. The summed E-state index contributed by atoms with van der Waals surface area (Å²) in [4.78, 5) is 74.7. The molecule has 3 aromatic rings. The van der Waals surface area contributed by atoms with E-state index in [0.29, 0.717) is 17.8 Å². The van der Waals surface area contributed by atoms with E-state index < -0.39 is 41.8 Å². The van der Waals surface area contributed by atoms with Crippen LogP contribution in [0.25, 0.3) is 0 Å². The highest BCUT2D eigenvalue weighted by molar-refractivity contribution is 7.09. The van der Waals surface area contributed by atoms with Crippen LogP contribution in [0.2, 0.25) is 0 Å². The third-order valence-electron chi connectivity index (χ3n) is 7.25. The van der Waals surface area contributed by atoms with E-state index in [9.17, 15) is 24.0 Å². The summed E-state index contributed by atoms with van der Waals surface area (Å²) < 4.78 is 5.66. The SMILES string of the molecule is CC(C)[C@@H]1NC(=O)CN(C(=O)[C@@H]2CCC(=O)N2)CCNC(=O)c2coc(n2)[C@H](Cc2ccccc2)NC(=O)c2csc1n2. The Morgan fingerprint density at radius 1 is 1.02 bits per heavy atom. The van der Waals surface area contributed by atoms with E-state index in [-0.39, 0.29) is 55.2 Å². The fraction of sp³-hybridized carbons (Fsp3) is 0.414. The van der Waals surface area contributed by atoms with Crippen molar-refractivity contribution >= 4 is 40.9 Å². The van der Waals surface area contributed by atoms with Crippen molar-refractivity contribution in [3.05, 3.63) is 69.8 Å². The zero-order valence-corrected chi connectivity index (χ0v) is 24.6. The Balaban J connectivity index is 1.45. The number of amides is 5. The lowest BCUT2D eigenvalue weighted by Gasteiger charge is -2.27. The van der Waals surface area contributed by atoms with Gasteiger partial charge in [-0.2, -0.15) is 0 Å². The van der Waals surface area contributed by atoms with Gasteiger partial charge in [0.15, 0.2) is 5.69 Å². The molecule has 0 saturated carbocycles. The highest BCUT2D eigenvalue weighted by Gasteiger charge is 2.33. The summed E-state index contributed by atoms with van der Waals surface area (Å²) >= 11 is 1.25. The van der Waals surface area contributed by atoms with E-state index in [4.69, 9.17) is 4.42 Å². The first-order chi connectivity index (χ1) is 20.7. The highest BCUT2D eigenvalue weighted by Crippen LogP contribution is 2.26. The van der Waals surface area contributed by atoms with Gasteiger partial charge in [0.1, 0.15) is 29.0 Å². The van der Waals surface area contributed by atoms with Gasteiger partial charge in [-0.25, -0.2) is 9.97 Å². The Hall–Kier alpha value is -4.59. The fourth-order valence-electron chi connectivity index (χ4n) is 4.96. The molecule has 4 N–H and O–H groups in total. The first kappa shape index (κ1) is 29.9. The fourth-order valence-corrected chi connectivity index (χ4v) is 5.98. The van der Waals surface area contributed by atoms with Gasteiger partial charge in [0.2, 0.25) is 23.6 Å². The molecule has 1 aromatic carbocycles. The zero-order chi connectivity index (χ0) is 30.5. The summed E-state index contributed by atoms with van der Waals surface area (Å²) in [6.07, 6.45) is 2.11. The molecule has 0 radical (unpaired) electrons. The predicted molar refractivity (Wildman–Crippen MR) is 155 cm³/mol. The number of benzene rings is 1. The molecule has 0 aliphatic carbocycles. The molecule has 4 heterocycles. The van der Waals surface area contributed by atoms with Gasteiger partial charge in [0.05, 0.1) is 12.6 Å². The quantitative estimate of drug-likeness (QED) is 0.345. The highest BCUT2D eigenvalue weighted by atomic mass is 32.1. The third-order valence-corrected chi connectivity index (χ3v) is 8.18. The predicted octanol–water partition coefficient (Wildman–Crippen LogP) is 1.51. The average Bonchev–Trinajstić information content (AvgIpc) is 3.76. The molecule has 2 aliphatic rings. The lowest BCUT2D eigenvalue weighted by Crippen LogP contribution is -2.51. The number of hydrogen-bond acceptors (Lipinski definition) is 9. The van der Waals surface area contributed by atoms with Crippen LogP contribution in [0.15, 0.2) is 46.4 Å². The van der Waals surface area contributed by atoms with Crippen LogP contribution in [0, 0.1) is 5.92 Å². The summed E-state index contributed by atoms with van der Waals surface area (Å²) in [6.45, 7) is 3.59. The van der Waals surface area contributed by atoms with Gasteiger partial charge in [0.25, 0.3) is 11.8 Å². The molecular formula is C29H33N7O6S. The van der Waals surface area contributed by atoms with Gasteiger partial charge in [0, 0.05) is 31.3 Å². The number of hydrogen-bond donors (Lipinski definition) is 4. The largest absolute Gasteiger partial charge is 0.446 e. The van der Waals surface area contributed by atoms with Crippen LogP contribution in [0.3, 0.4) is 0 Å². The minimum absolute atomic E-state index is 0.00202. The number of nitrogens with zero attached hydrogens (tertiary/aromatic N) is 3. The van der Waals surface area contributed by atoms with Gasteiger partial charge in [-0.3, -0.25) is 24.0 Å². The second-order valence-corrected chi connectivity index (χ2v) is 11.7. The molecule has 43 heavy (non-hydrogen) atoms. The molecule has 13 nitrogen and oxygen atoms in total. The van der Waals surface area contributed by atoms with Crippen molar-refractivity contribution in [2.75, 3.05) is 19.6 Å². The van der Waals surface area contributed by atoms with E-state index in [1.54, 1.807) is 5.38 Å². The van der Waals surface area contributed by atoms with Crippen molar-refractivity contribution in [1.82, 2.24) is 36.1 Å². The number of thiazole rings is 1. The molecule has 5 amide bonds. The molecule has 4 bridgehead atoms. The summed E-state index contributed by atoms with van der Waals surface area (Å²) in [5.41, 5.74) is 1.08. The van der Waals surface area contributed by atoms with E-state index in [0.717, 1.165) is 5.56 Å². The van der Waals surface area contributed by atoms with E-state index in [1.165, 1.54) is 22.5 Å². The number of nitrogens with one attached hydrogen (secondary N) is 4. The van der Waals surface area contributed by atoms with E-state index in [2.05, 4.69) is 31.2 Å². The molecule has 14 heteroatoms. The molecule has 3 atom stereocenters. The summed E-state index contributed by atoms with van der Waals surface area (Å²) in [6, 6.07) is 7.52. The van der Waals surface area contributed by atoms with Crippen molar-refractivity contribution in [2.24, 2.45) is 5.92 Å². The standard InChI is InChI=1S/C29H33N7O6S/c1-16(2)24-28-34-21(15-43-28)26(40)32-19(12-17-6-4-3-5-7-17)27-33-20(14-42-27)25(39)30-10-11-36(13-23(38)35-24)29(41)18-8-9-22(37)31-18/h3-7,14-16,18-19,24H,8-13H2,1-2H3,(H,30,39)(H,31,37)(H,32,40)(H,35,38)/t18-,19-,24-/m0/s1. The number of carbonyl (C=O) groups excluding carboxylic acids is 5. The van der Waals surface area contributed by atoms with Crippen LogP contribution >= 0.6 is 11.3 Å². The Morgan fingerprint density at radius 2 is 1.81 bits per heavy atom.